The Kier molecular flexibility index (Phi) is 7.95. The van der Waals surface area contributed by atoms with E-state index in [1.54, 1.807) is 0 Å². The zero-order valence-electron chi connectivity index (χ0n) is 13.4. The van der Waals surface area contributed by atoms with Gasteiger partial charge in [0.05, 0.1) is 0 Å². The maximum absolute atomic E-state index is 8.78. The van der Waals surface area contributed by atoms with Gasteiger partial charge in [0.2, 0.25) is 0 Å². The fourth-order valence-electron chi connectivity index (χ4n) is 3.26. The second kappa shape index (κ2) is 9.74. The summed E-state index contributed by atoms with van der Waals surface area (Å²) in [5.41, 5.74) is 0. The number of aliphatic hydroxyl groups is 1. The van der Waals surface area contributed by atoms with Crippen molar-refractivity contribution in [2.75, 3.05) is 51.6 Å². The predicted molar refractivity (Wildman–Crippen MR) is 91.6 cm³/mol. The van der Waals surface area contributed by atoms with Gasteiger partial charge < -0.3 is 14.9 Å². The lowest BCUT2D eigenvalue weighted by Gasteiger charge is -2.30. The SMILES string of the molecule is CCN(CCN1CCCCC1)CC1CC(C#CCO)CS1. The zero-order valence-corrected chi connectivity index (χ0v) is 14.2. The highest BCUT2D eigenvalue weighted by atomic mass is 32.2. The molecular weight excluding hydrogens is 280 g/mol. The number of likely N-dealkylation sites (tertiary alicyclic amines) is 1. The fraction of sp³-hybridized carbons (Fsp3) is 0.882. The number of thioether (sulfide) groups is 1. The van der Waals surface area contributed by atoms with Crippen LogP contribution in [0.4, 0.5) is 0 Å². The van der Waals surface area contributed by atoms with Crippen molar-refractivity contribution in [2.24, 2.45) is 5.92 Å². The first-order valence-corrected chi connectivity index (χ1v) is 9.52. The number of piperidine rings is 1. The van der Waals surface area contributed by atoms with Gasteiger partial charge in [-0.15, -0.1) is 0 Å². The molecule has 0 radical (unpaired) electrons. The summed E-state index contributed by atoms with van der Waals surface area (Å²) in [6.07, 6.45) is 5.38. The molecule has 0 spiro atoms. The molecule has 2 fully saturated rings. The minimum absolute atomic E-state index is 0.00273. The maximum atomic E-state index is 8.78. The second-order valence-corrected chi connectivity index (χ2v) is 7.50. The van der Waals surface area contributed by atoms with E-state index in [0.29, 0.717) is 5.92 Å². The predicted octanol–water partition coefficient (Wildman–Crippen LogP) is 1.91. The second-order valence-electron chi connectivity index (χ2n) is 6.16. The van der Waals surface area contributed by atoms with Gasteiger partial charge in [-0.1, -0.05) is 25.2 Å². The third-order valence-corrected chi connectivity index (χ3v) is 5.96. The fourth-order valence-corrected chi connectivity index (χ4v) is 4.66. The molecule has 2 heterocycles. The standard InChI is InChI=1S/C17H30N2OS/c1-2-18(10-11-19-8-4-3-5-9-19)14-17-13-16(15-21-17)7-6-12-20/h16-17,20H,2-5,8-15H2,1H3. The Balaban J connectivity index is 1.67. The molecule has 0 aliphatic carbocycles. The van der Waals surface area contributed by atoms with Crippen molar-refractivity contribution >= 4 is 11.8 Å². The monoisotopic (exact) mass is 310 g/mol. The van der Waals surface area contributed by atoms with E-state index in [9.17, 15) is 0 Å². The van der Waals surface area contributed by atoms with Crippen LogP contribution in [0.15, 0.2) is 0 Å². The molecule has 120 valence electrons. The summed E-state index contributed by atoms with van der Waals surface area (Å²) >= 11 is 2.07. The average Bonchev–Trinajstić information content (AvgIpc) is 2.98. The summed E-state index contributed by atoms with van der Waals surface area (Å²) in [6.45, 7) is 9.68. The van der Waals surface area contributed by atoms with Crippen molar-refractivity contribution in [2.45, 2.75) is 37.9 Å². The van der Waals surface area contributed by atoms with Crippen LogP contribution in [0.25, 0.3) is 0 Å². The van der Waals surface area contributed by atoms with Crippen LogP contribution in [0.2, 0.25) is 0 Å². The molecule has 0 aromatic carbocycles. The smallest absolute Gasteiger partial charge is 0.104 e. The van der Waals surface area contributed by atoms with Crippen molar-refractivity contribution in [1.29, 1.82) is 0 Å². The summed E-state index contributed by atoms with van der Waals surface area (Å²) in [5, 5.41) is 9.50. The summed E-state index contributed by atoms with van der Waals surface area (Å²) in [4.78, 5) is 5.23. The molecule has 1 N–H and O–H groups in total. The lowest BCUT2D eigenvalue weighted by molar-refractivity contribution is 0.185. The van der Waals surface area contributed by atoms with Gasteiger partial charge >= 0.3 is 0 Å². The topological polar surface area (TPSA) is 26.7 Å². The van der Waals surface area contributed by atoms with Crippen LogP contribution in [-0.4, -0.2) is 71.8 Å². The van der Waals surface area contributed by atoms with Crippen molar-refractivity contribution in [3.05, 3.63) is 0 Å². The first-order chi connectivity index (χ1) is 10.3. The van der Waals surface area contributed by atoms with E-state index < -0.39 is 0 Å². The quantitative estimate of drug-likeness (QED) is 0.758. The van der Waals surface area contributed by atoms with Crippen LogP contribution < -0.4 is 0 Å². The average molecular weight is 311 g/mol. The van der Waals surface area contributed by atoms with Gasteiger partial charge in [0.1, 0.15) is 6.61 Å². The minimum Gasteiger partial charge on any atom is -0.384 e. The van der Waals surface area contributed by atoms with Crippen molar-refractivity contribution in [3.8, 4) is 11.8 Å². The molecular formula is C17H30N2OS. The van der Waals surface area contributed by atoms with Crippen LogP contribution in [0.1, 0.15) is 32.6 Å². The summed E-state index contributed by atoms with van der Waals surface area (Å²) in [7, 11) is 0. The van der Waals surface area contributed by atoms with E-state index in [1.807, 2.05) is 0 Å². The number of hydrogen-bond acceptors (Lipinski definition) is 4. The lowest BCUT2D eigenvalue weighted by atomic mass is 10.1. The normalized spacial score (nSPS) is 26.8. The molecule has 2 rings (SSSR count). The Morgan fingerprint density at radius 3 is 2.81 bits per heavy atom. The number of rotatable bonds is 6. The molecule has 2 aliphatic rings. The highest BCUT2D eigenvalue weighted by Gasteiger charge is 2.25. The minimum atomic E-state index is 0.00273. The van der Waals surface area contributed by atoms with Crippen molar-refractivity contribution in [3.63, 3.8) is 0 Å². The molecule has 0 aromatic heterocycles. The molecule has 0 bridgehead atoms. The van der Waals surface area contributed by atoms with E-state index in [-0.39, 0.29) is 6.61 Å². The Bertz CT molecular complexity index is 346. The van der Waals surface area contributed by atoms with Gasteiger partial charge in [0.15, 0.2) is 0 Å². The molecule has 4 heteroatoms. The Labute approximate surface area is 134 Å². The molecule has 21 heavy (non-hydrogen) atoms. The highest BCUT2D eigenvalue weighted by Crippen LogP contribution is 2.31. The van der Waals surface area contributed by atoms with Gasteiger partial charge in [0.25, 0.3) is 0 Å². The van der Waals surface area contributed by atoms with Crippen LogP contribution in [-0.2, 0) is 0 Å². The molecule has 0 amide bonds. The molecule has 2 unspecified atom stereocenters. The highest BCUT2D eigenvalue weighted by molar-refractivity contribution is 8.00. The van der Waals surface area contributed by atoms with Crippen LogP contribution >= 0.6 is 11.8 Å². The lowest BCUT2D eigenvalue weighted by Crippen LogP contribution is -2.39. The van der Waals surface area contributed by atoms with Crippen molar-refractivity contribution in [1.82, 2.24) is 9.80 Å². The first-order valence-electron chi connectivity index (χ1n) is 8.47. The molecule has 3 nitrogen and oxygen atoms in total. The van der Waals surface area contributed by atoms with E-state index >= 15 is 0 Å². The van der Waals surface area contributed by atoms with Gasteiger partial charge in [0, 0.05) is 36.6 Å². The van der Waals surface area contributed by atoms with E-state index in [2.05, 4.69) is 40.3 Å². The molecule has 2 atom stereocenters. The van der Waals surface area contributed by atoms with Crippen LogP contribution in [0.3, 0.4) is 0 Å². The van der Waals surface area contributed by atoms with Crippen molar-refractivity contribution < 1.29 is 5.11 Å². The first kappa shape index (κ1) is 17.1. The van der Waals surface area contributed by atoms with Gasteiger partial charge in [-0.05, 0) is 38.9 Å². The molecule has 0 aromatic rings. The van der Waals surface area contributed by atoms with Gasteiger partial charge in [-0.25, -0.2) is 0 Å². The summed E-state index contributed by atoms with van der Waals surface area (Å²) in [6, 6.07) is 0. The number of nitrogens with zero attached hydrogens (tertiary/aromatic N) is 2. The maximum Gasteiger partial charge on any atom is 0.104 e. The number of hydrogen-bond donors (Lipinski definition) is 1. The van der Waals surface area contributed by atoms with Crippen LogP contribution in [0, 0.1) is 17.8 Å². The third kappa shape index (κ3) is 6.20. The van der Waals surface area contributed by atoms with Gasteiger partial charge in [-0.2, -0.15) is 11.8 Å². The molecule has 2 aliphatic heterocycles. The Morgan fingerprint density at radius 1 is 1.29 bits per heavy atom. The molecule has 0 saturated carbocycles. The van der Waals surface area contributed by atoms with E-state index in [0.717, 1.165) is 17.5 Å². The van der Waals surface area contributed by atoms with E-state index in [1.165, 1.54) is 58.4 Å². The van der Waals surface area contributed by atoms with Crippen LogP contribution in [0.5, 0.6) is 0 Å². The van der Waals surface area contributed by atoms with E-state index in [4.69, 9.17) is 5.11 Å². The van der Waals surface area contributed by atoms with Gasteiger partial charge in [-0.3, -0.25) is 0 Å². The number of likely N-dealkylation sites (N-methyl/N-ethyl adjacent to an activating group) is 1. The Hall–Kier alpha value is -0.210. The zero-order chi connectivity index (χ0) is 14.9. The molecule has 2 saturated heterocycles. The summed E-state index contributed by atoms with van der Waals surface area (Å²) in [5.74, 6) is 7.64. The third-order valence-electron chi connectivity index (χ3n) is 4.56. The summed E-state index contributed by atoms with van der Waals surface area (Å²) < 4.78 is 0. The number of aliphatic hydroxyl groups excluding tert-OH is 1. The largest absolute Gasteiger partial charge is 0.384 e. The Morgan fingerprint density at radius 2 is 2.10 bits per heavy atom.